The molecule has 2 unspecified atom stereocenters. The lowest BCUT2D eigenvalue weighted by atomic mass is 9.85. The van der Waals surface area contributed by atoms with Crippen LogP contribution in [0.4, 0.5) is 5.69 Å². The Morgan fingerprint density at radius 2 is 1.88 bits per heavy atom. The van der Waals surface area contributed by atoms with Crippen LogP contribution in [0, 0.1) is 5.92 Å². The summed E-state index contributed by atoms with van der Waals surface area (Å²) in [5.41, 5.74) is 7.87. The first-order chi connectivity index (χ1) is 11.5. The highest BCUT2D eigenvalue weighted by atomic mass is 16.2. The molecule has 0 radical (unpaired) electrons. The molecule has 3 rings (SSSR count). The van der Waals surface area contributed by atoms with E-state index in [4.69, 9.17) is 5.73 Å². The van der Waals surface area contributed by atoms with Gasteiger partial charge in [-0.15, -0.1) is 0 Å². The molecular formula is C19H27N3O2. The highest BCUT2D eigenvalue weighted by Gasteiger charge is 2.30. The SMILES string of the molecule is CC(=O)N(Cc1ccc(NC(=O)C2CCCC(N)C2)cc1)C1CC1. The summed E-state index contributed by atoms with van der Waals surface area (Å²) in [5.74, 6) is 0.223. The highest BCUT2D eigenvalue weighted by Crippen LogP contribution is 2.29. The van der Waals surface area contributed by atoms with Crippen LogP contribution < -0.4 is 11.1 Å². The Hall–Kier alpha value is -1.88. The fourth-order valence-corrected chi connectivity index (χ4v) is 3.48. The standard InChI is InChI=1S/C19H27N3O2/c1-13(23)22(18-9-10-18)12-14-5-7-17(8-6-14)21-19(24)15-3-2-4-16(20)11-15/h5-8,15-16,18H,2-4,9-12,20H2,1H3,(H,21,24). The van der Waals surface area contributed by atoms with Gasteiger partial charge in [-0.2, -0.15) is 0 Å². The molecule has 0 aromatic heterocycles. The molecule has 2 aliphatic rings. The van der Waals surface area contributed by atoms with Gasteiger partial charge in [-0.1, -0.05) is 18.6 Å². The minimum absolute atomic E-state index is 0.0245. The molecule has 0 aliphatic heterocycles. The minimum atomic E-state index is 0.0245. The monoisotopic (exact) mass is 329 g/mol. The van der Waals surface area contributed by atoms with E-state index in [9.17, 15) is 9.59 Å². The van der Waals surface area contributed by atoms with Gasteiger partial charge >= 0.3 is 0 Å². The molecule has 2 fully saturated rings. The van der Waals surface area contributed by atoms with E-state index < -0.39 is 0 Å². The van der Waals surface area contributed by atoms with Crippen LogP contribution in [0.2, 0.25) is 0 Å². The van der Waals surface area contributed by atoms with Crippen molar-refractivity contribution in [3.63, 3.8) is 0 Å². The third-order valence-corrected chi connectivity index (χ3v) is 5.05. The molecule has 3 N–H and O–H groups in total. The van der Waals surface area contributed by atoms with E-state index >= 15 is 0 Å². The summed E-state index contributed by atoms with van der Waals surface area (Å²) < 4.78 is 0. The largest absolute Gasteiger partial charge is 0.336 e. The molecule has 130 valence electrons. The van der Waals surface area contributed by atoms with Gasteiger partial charge in [0.2, 0.25) is 11.8 Å². The van der Waals surface area contributed by atoms with Crippen LogP contribution in [0.25, 0.3) is 0 Å². The average Bonchev–Trinajstić information content (AvgIpc) is 3.38. The van der Waals surface area contributed by atoms with Crippen LogP contribution >= 0.6 is 0 Å². The van der Waals surface area contributed by atoms with Gasteiger partial charge in [-0.3, -0.25) is 9.59 Å². The second kappa shape index (κ2) is 7.34. The van der Waals surface area contributed by atoms with Crippen molar-refractivity contribution in [1.29, 1.82) is 0 Å². The topological polar surface area (TPSA) is 75.4 Å². The van der Waals surface area contributed by atoms with Crippen molar-refractivity contribution < 1.29 is 9.59 Å². The molecule has 2 atom stereocenters. The smallest absolute Gasteiger partial charge is 0.227 e. The molecule has 0 spiro atoms. The van der Waals surface area contributed by atoms with Crippen molar-refractivity contribution in [3.8, 4) is 0 Å². The van der Waals surface area contributed by atoms with E-state index in [1.807, 2.05) is 29.2 Å². The lowest BCUT2D eigenvalue weighted by Crippen LogP contribution is -2.34. The summed E-state index contributed by atoms with van der Waals surface area (Å²) in [6.45, 7) is 2.27. The Labute approximate surface area is 143 Å². The Bertz CT molecular complexity index is 595. The summed E-state index contributed by atoms with van der Waals surface area (Å²) >= 11 is 0. The number of nitrogens with zero attached hydrogens (tertiary/aromatic N) is 1. The molecule has 0 bridgehead atoms. The molecule has 1 aromatic carbocycles. The number of hydrogen-bond donors (Lipinski definition) is 2. The number of carbonyl (C=O) groups is 2. The molecule has 2 aliphatic carbocycles. The number of amides is 2. The molecule has 1 aromatic rings. The Balaban J connectivity index is 1.56. The Morgan fingerprint density at radius 1 is 1.17 bits per heavy atom. The zero-order valence-electron chi connectivity index (χ0n) is 14.3. The van der Waals surface area contributed by atoms with Crippen LogP contribution in [0.3, 0.4) is 0 Å². The Morgan fingerprint density at radius 3 is 2.46 bits per heavy atom. The molecule has 24 heavy (non-hydrogen) atoms. The third kappa shape index (κ3) is 4.35. The van der Waals surface area contributed by atoms with Gasteiger partial charge in [0.25, 0.3) is 0 Å². The van der Waals surface area contributed by atoms with Gasteiger partial charge < -0.3 is 16.0 Å². The molecule has 0 saturated heterocycles. The van der Waals surface area contributed by atoms with Crippen molar-refractivity contribution in [2.45, 2.75) is 64.1 Å². The fraction of sp³-hybridized carbons (Fsp3) is 0.579. The molecular weight excluding hydrogens is 302 g/mol. The van der Waals surface area contributed by atoms with Gasteiger partial charge in [0.1, 0.15) is 0 Å². The zero-order chi connectivity index (χ0) is 17.1. The quantitative estimate of drug-likeness (QED) is 0.872. The summed E-state index contributed by atoms with van der Waals surface area (Å²) in [7, 11) is 0. The summed E-state index contributed by atoms with van der Waals surface area (Å²) in [6.07, 6.45) is 5.96. The average molecular weight is 329 g/mol. The van der Waals surface area contributed by atoms with Gasteiger partial charge in [-0.05, 0) is 49.8 Å². The summed E-state index contributed by atoms with van der Waals surface area (Å²) in [6, 6.07) is 8.37. The van der Waals surface area contributed by atoms with Crippen molar-refractivity contribution in [1.82, 2.24) is 4.90 Å². The highest BCUT2D eigenvalue weighted by molar-refractivity contribution is 5.92. The van der Waals surface area contributed by atoms with Crippen LogP contribution in [-0.2, 0) is 16.1 Å². The number of anilines is 1. The first-order valence-corrected chi connectivity index (χ1v) is 8.95. The van der Waals surface area contributed by atoms with Crippen molar-refractivity contribution >= 4 is 17.5 Å². The predicted octanol–water partition coefficient (Wildman–Crippen LogP) is 2.65. The van der Waals surface area contributed by atoms with E-state index in [2.05, 4.69) is 5.32 Å². The molecule has 2 amide bonds. The van der Waals surface area contributed by atoms with Crippen molar-refractivity contribution in [2.24, 2.45) is 11.7 Å². The molecule has 5 heteroatoms. The van der Waals surface area contributed by atoms with E-state index in [1.165, 1.54) is 0 Å². The number of rotatable bonds is 5. The zero-order valence-corrected chi connectivity index (χ0v) is 14.3. The number of carbonyl (C=O) groups excluding carboxylic acids is 2. The summed E-state index contributed by atoms with van der Waals surface area (Å²) in [4.78, 5) is 26.0. The maximum absolute atomic E-state index is 12.3. The van der Waals surface area contributed by atoms with Gasteiger partial charge in [0.05, 0.1) is 0 Å². The van der Waals surface area contributed by atoms with Gasteiger partial charge in [0.15, 0.2) is 0 Å². The van der Waals surface area contributed by atoms with Crippen LogP contribution in [0.1, 0.15) is 51.0 Å². The summed E-state index contributed by atoms with van der Waals surface area (Å²) in [5, 5.41) is 3.00. The second-order valence-electron chi connectivity index (χ2n) is 7.19. The fourth-order valence-electron chi connectivity index (χ4n) is 3.48. The van der Waals surface area contributed by atoms with Crippen LogP contribution in [-0.4, -0.2) is 28.8 Å². The number of hydrogen-bond acceptors (Lipinski definition) is 3. The first-order valence-electron chi connectivity index (χ1n) is 8.95. The van der Waals surface area contributed by atoms with Crippen molar-refractivity contribution in [3.05, 3.63) is 29.8 Å². The van der Waals surface area contributed by atoms with E-state index in [0.717, 1.165) is 49.8 Å². The molecule has 2 saturated carbocycles. The van der Waals surface area contributed by atoms with E-state index in [-0.39, 0.29) is 23.8 Å². The predicted molar refractivity (Wildman–Crippen MR) is 94.3 cm³/mol. The molecule has 0 heterocycles. The van der Waals surface area contributed by atoms with E-state index in [1.54, 1.807) is 6.92 Å². The van der Waals surface area contributed by atoms with Crippen LogP contribution in [0.15, 0.2) is 24.3 Å². The maximum atomic E-state index is 12.3. The van der Waals surface area contributed by atoms with Gasteiger partial charge in [-0.25, -0.2) is 0 Å². The first kappa shape index (κ1) is 17.0. The Kier molecular flexibility index (Phi) is 5.19. The number of nitrogens with one attached hydrogen (secondary N) is 1. The molecule has 5 nitrogen and oxygen atoms in total. The van der Waals surface area contributed by atoms with E-state index in [0.29, 0.717) is 12.6 Å². The second-order valence-corrected chi connectivity index (χ2v) is 7.19. The maximum Gasteiger partial charge on any atom is 0.227 e. The van der Waals surface area contributed by atoms with Crippen LogP contribution in [0.5, 0.6) is 0 Å². The number of nitrogens with two attached hydrogens (primary N) is 1. The minimum Gasteiger partial charge on any atom is -0.336 e. The lowest BCUT2D eigenvalue weighted by Gasteiger charge is -2.25. The van der Waals surface area contributed by atoms with Gasteiger partial charge in [0, 0.05) is 37.2 Å². The lowest BCUT2D eigenvalue weighted by molar-refractivity contribution is -0.130. The number of benzene rings is 1. The third-order valence-electron chi connectivity index (χ3n) is 5.05. The normalized spacial score (nSPS) is 23.6. The van der Waals surface area contributed by atoms with Crippen molar-refractivity contribution in [2.75, 3.05) is 5.32 Å².